The first kappa shape index (κ1) is 34.5. The van der Waals surface area contributed by atoms with E-state index in [1.165, 1.54) is 26.2 Å². The van der Waals surface area contributed by atoms with Crippen LogP contribution in [0.1, 0.15) is 50.6 Å². The number of nitrogens with one attached hydrogen (secondary N) is 2. The number of fused-ring (bicyclic) bond motifs is 2. The van der Waals surface area contributed by atoms with E-state index >= 15 is 0 Å². The van der Waals surface area contributed by atoms with Crippen molar-refractivity contribution in [2.24, 2.45) is 0 Å². The largest absolute Gasteiger partial charge is 0.417 e. The summed E-state index contributed by atoms with van der Waals surface area (Å²) in [6.45, 7) is 3.17. The highest BCUT2D eigenvalue weighted by Crippen LogP contribution is 2.36. The molecular formula is C37H31BrF3N9O3. The van der Waals surface area contributed by atoms with E-state index in [1.54, 1.807) is 43.7 Å². The minimum absolute atomic E-state index is 0.00913. The molecule has 2 aliphatic heterocycles. The third-order valence-corrected chi connectivity index (χ3v) is 10.4. The topological polar surface area (TPSA) is 132 Å². The molecule has 1 fully saturated rings. The van der Waals surface area contributed by atoms with Crippen LogP contribution >= 0.6 is 15.9 Å². The lowest BCUT2D eigenvalue weighted by Crippen LogP contribution is -2.47. The molecule has 16 heteroatoms. The number of nitrogens with zero attached hydrogens (tertiary/aromatic N) is 7. The Labute approximate surface area is 308 Å². The molecule has 53 heavy (non-hydrogen) atoms. The molecular weight excluding hydrogens is 755 g/mol. The average Bonchev–Trinajstić information content (AvgIpc) is 3.66. The van der Waals surface area contributed by atoms with E-state index in [2.05, 4.69) is 41.6 Å². The smallest absolute Gasteiger partial charge is 0.347 e. The summed E-state index contributed by atoms with van der Waals surface area (Å²) < 4.78 is 45.9. The Bertz CT molecular complexity index is 2460. The van der Waals surface area contributed by atoms with Gasteiger partial charge in [-0.25, -0.2) is 14.8 Å². The molecule has 6 aromatic rings. The standard InChI is InChI=1S/C37H31BrF3N9O3/c1-21-19-48-31(20-47(21)35(52)22-7-9-29(38)28(14-22)37(39,40)41)32(34(51)45-15-23-5-2-3-6-27(23)33-43-11-4-12-44-33)49(36(48)53)25-8-10-30-24(13-25)16-46-50(30)26-17-42-18-26/h2-14,16,21,26,42H,15,17-20H2,1H3,(H,45,51)/t21-/m1/s1. The monoisotopic (exact) mass is 785 g/mol. The summed E-state index contributed by atoms with van der Waals surface area (Å²) in [6, 6.07) is 17.4. The molecule has 3 aromatic heterocycles. The fourth-order valence-electron chi connectivity index (χ4n) is 6.91. The molecule has 1 atom stereocenters. The summed E-state index contributed by atoms with van der Waals surface area (Å²) in [5, 5.41) is 11.5. The molecule has 0 spiro atoms. The number of hydrogen-bond acceptors (Lipinski definition) is 7. The van der Waals surface area contributed by atoms with Crippen molar-refractivity contribution in [3.8, 4) is 17.1 Å². The van der Waals surface area contributed by atoms with Crippen molar-refractivity contribution in [3.63, 3.8) is 0 Å². The van der Waals surface area contributed by atoms with Crippen LogP contribution in [0.4, 0.5) is 13.2 Å². The Morgan fingerprint density at radius 3 is 2.53 bits per heavy atom. The van der Waals surface area contributed by atoms with Crippen molar-refractivity contribution in [3.05, 3.63) is 128 Å². The van der Waals surface area contributed by atoms with Gasteiger partial charge in [-0.3, -0.25) is 23.4 Å². The van der Waals surface area contributed by atoms with E-state index in [0.29, 0.717) is 17.1 Å². The van der Waals surface area contributed by atoms with E-state index in [-0.39, 0.29) is 47.1 Å². The maximum Gasteiger partial charge on any atom is 0.417 e. The maximum absolute atomic E-state index is 14.4. The van der Waals surface area contributed by atoms with Crippen LogP contribution in [0.3, 0.4) is 0 Å². The van der Waals surface area contributed by atoms with Gasteiger partial charge in [-0.2, -0.15) is 18.3 Å². The fourth-order valence-corrected chi connectivity index (χ4v) is 7.38. The summed E-state index contributed by atoms with van der Waals surface area (Å²) in [7, 11) is 0. The van der Waals surface area contributed by atoms with Crippen LogP contribution in [0, 0.1) is 0 Å². The molecule has 0 unspecified atom stereocenters. The third-order valence-electron chi connectivity index (χ3n) is 9.75. The molecule has 0 aliphatic carbocycles. The highest BCUT2D eigenvalue weighted by Gasteiger charge is 2.38. The Hall–Kier alpha value is -5.61. The van der Waals surface area contributed by atoms with Gasteiger partial charge in [-0.05, 0) is 55.0 Å². The Balaban J connectivity index is 1.20. The number of carbonyl (C=O) groups excluding carboxylic acids is 2. The lowest BCUT2D eigenvalue weighted by atomic mass is 10.1. The SMILES string of the molecule is C[C@@H]1Cn2c(c(C(=O)NCc3ccccc3-c3ncccn3)n(-c3ccc4c(cnn4C4CNC4)c3)c2=O)CN1C(=O)c1ccc(Br)c(C(F)(F)F)c1. The highest BCUT2D eigenvalue weighted by atomic mass is 79.9. The predicted molar refractivity (Wildman–Crippen MR) is 192 cm³/mol. The Morgan fingerprint density at radius 2 is 1.79 bits per heavy atom. The molecule has 0 bridgehead atoms. The third kappa shape index (κ3) is 6.20. The van der Waals surface area contributed by atoms with Crippen molar-refractivity contribution < 1.29 is 22.8 Å². The van der Waals surface area contributed by atoms with E-state index in [0.717, 1.165) is 35.6 Å². The van der Waals surface area contributed by atoms with Crippen LogP contribution in [0.15, 0.2) is 94.6 Å². The molecule has 2 aliphatic rings. The van der Waals surface area contributed by atoms with Gasteiger partial charge in [0.25, 0.3) is 11.8 Å². The summed E-state index contributed by atoms with van der Waals surface area (Å²) in [4.78, 5) is 52.7. The van der Waals surface area contributed by atoms with E-state index < -0.39 is 35.3 Å². The highest BCUT2D eigenvalue weighted by molar-refractivity contribution is 9.10. The summed E-state index contributed by atoms with van der Waals surface area (Å²) in [6.07, 6.45) is 0.277. The van der Waals surface area contributed by atoms with Crippen LogP contribution < -0.4 is 16.3 Å². The number of benzene rings is 3. The molecule has 5 heterocycles. The zero-order valence-corrected chi connectivity index (χ0v) is 29.7. The summed E-state index contributed by atoms with van der Waals surface area (Å²) in [5.74, 6) is -0.767. The number of alkyl halides is 3. The molecule has 1 saturated heterocycles. The number of hydrogen-bond donors (Lipinski definition) is 2. The first-order valence-corrected chi connectivity index (χ1v) is 17.6. The van der Waals surface area contributed by atoms with Gasteiger partial charge in [0.1, 0.15) is 5.69 Å². The molecule has 2 N–H and O–H groups in total. The minimum Gasteiger partial charge on any atom is -0.347 e. The van der Waals surface area contributed by atoms with E-state index in [1.807, 2.05) is 35.0 Å². The molecule has 8 rings (SSSR count). The molecule has 3 aromatic carbocycles. The number of aromatic nitrogens is 6. The van der Waals surface area contributed by atoms with Gasteiger partial charge in [0.15, 0.2) is 5.82 Å². The second-order valence-corrected chi connectivity index (χ2v) is 13.9. The zero-order chi connectivity index (χ0) is 37.0. The normalized spacial score (nSPS) is 16.0. The molecule has 270 valence electrons. The molecule has 0 radical (unpaired) electrons. The Morgan fingerprint density at radius 1 is 1.02 bits per heavy atom. The van der Waals surface area contributed by atoms with Crippen molar-refractivity contribution in [1.82, 2.24) is 44.4 Å². The van der Waals surface area contributed by atoms with E-state index in [9.17, 15) is 27.6 Å². The van der Waals surface area contributed by atoms with Crippen LogP contribution in [-0.4, -0.2) is 64.7 Å². The Kier molecular flexibility index (Phi) is 8.73. The van der Waals surface area contributed by atoms with Crippen molar-refractivity contribution in [1.29, 1.82) is 0 Å². The van der Waals surface area contributed by atoms with Gasteiger partial charge in [0.05, 0.1) is 41.2 Å². The lowest BCUT2D eigenvalue weighted by molar-refractivity contribution is -0.138. The molecule has 0 saturated carbocycles. The van der Waals surface area contributed by atoms with Gasteiger partial charge < -0.3 is 15.5 Å². The number of halogens is 4. The van der Waals surface area contributed by atoms with Crippen molar-refractivity contribution in [2.75, 3.05) is 13.1 Å². The average molecular weight is 787 g/mol. The fraction of sp³-hybridized carbons (Fsp3) is 0.243. The second kappa shape index (κ2) is 13.4. The first-order chi connectivity index (χ1) is 25.5. The minimum atomic E-state index is -4.69. The van der Waals surface area contributed by atoms with Crippen molar-refractivity contribution in [2.45, 2.75) is 44.8 Å². The van der Waals surface area contributed by atoms with Gasteiger partial charge in [0, 0.05) is 65.6 Å². The quantitative estimate of drug-likeness (QED) is 0.223. The summed E-state index contributed by atoms with van der Waals surface area (Å²) >= 11 is 2.94. The number of rotatable bonds is 7. The van der Waals surface area contributed by atoms with Gasteiger partial charge >= 0.3 is 11.9 Å². The van der Waals surface area contributed by atoms with E-state index in [4.69, 9.17) is 0 Å². The number of imidazole rings is 1. The first-order valence-electron chi connectivity index (χ1n) is 16.8. The van der Waals surface area contributed by atoms with Gasteiger partial charge in [-0.1, -0.05) is 40.2 Å². The lowest BCUT2D eigenvalue weighted by Gasteiger charge is -2.34. The summed E-state index contributed by atoms with van der Waals surface area (Å²) in [5.41, 5.74) is 1.37. The zero-order valence-electron chi connectivity index (χ0n) is 28.1. The molecule has 12 nitrogen and oxygen atoms in total. The number of carbonyl (C=O) groups is 2. The predicted octanol–water partition coefficient (Wildman–Crippen LogP) is 5.35. The van der Waals surface area contributed by atoms with Crippen LogP contribution in [0.5, 0.6) is 0 Å². The molecule has 2 amide bonds. The second-order valence-electron chi connectivity index (χ2n) is 13.1. The van der Waals surface area contributed by atoms with Crippen molar-refractivity contribution >= 4 is 38.6 Å². The van der Waals surface area contributed by atoms with Crippen LogP contribution in [0.2, 0.25) is 0 Å². The van der Waals surface area contributed by atoms with Crippen LogP contribution in [-0.2, 0) is 25.8 Å². The van der Waals surface area contributed by atoms with Gasteiger partial charge in [-0.15, -0.1) is 0 Å². The van der Waals surface area contributed by atoms with Gasteiger partial charge in [0.2, 0.25) is 0 Å². The van der Waals surface area contributed by atoms with Crippen LogP contribution in [0.25, 0.3) is 28.0 Å². The number of amides is 2. The maximum atomic E-state index is 14.4.